The number of halogens is 1. The number of ether oxygens (including phenoxy) is 1. The Morgan fingerprint density at radius 2 is 1.64 bits per heavy atom. The second-order valence-electron chi connectivity index (χ2n) is 5.97. The zero-order valence-corrected chi connectivity index (χ0v) is 15.6. The lowest BCUT2D eigenvalue weighted by atomic mass is 10.00. The van der Waals surface area contributed by atoms with E-state index in [-0.39, 0.29) is 5.97 Å². The Labute approximate surface area is 156 Å². The van der Waals surface area contributed by atoms with Crippen LogP contribution in [0.5, 0.6) is 5.75 Å². The molecule has 3 aromatic rings. The first-order chi connectivity index (χ1) is 12.1. The van der Waals surface area contributed by atoms with Crippen molar-refractivity contribution in [3.05, 3.63) is 99.5 Å². The Balaban J connectivity index is 1.76. The number of rotatable bonds is 5. The molecule has 0 saturated heterocycles. The molecule has 2 nitrogen and oxygen atoms in total. The second-order valence-corrected chi connectivity index (χ2v) is 6.82. The molecule has 3 aromatic carbocycles. The predicted molar refractivity (Wildman–Crippen MR) is 104 cm³/mol. The highest BCUT2D eigenvalue weighted by atomic mass is 79.9. The monoisotopic (exact) mass is 394 g/mol. The fourth-order valence-corrected chi connectivity index (χ4v) is 3.28. The molecule has 126 valence electrons. The van der Waals surface area contributed by atoms with Crippen molar-refractivity contribution in [2.24, 2.45) is 0 Å². The summed E-state index contributed by atoms with van der Waals surface area (Å²) in [4.78, 5) is 12.6. The van der Waals surface area contributed by atoms with Gasteiger partial charge in [0.25, 0.3) is 0 Å². The van der Waals surface area contributed by atoms with Crippen molar-refractivity contribution in [3.63, 3.8) is 0 Å². The molecule has 3 heteroatoms. The summed E-state index contributed by atoms with van der Waals surface area (Å²) < 4.78 is 6.37. The largest absolute Gasteiger partial charge is 0.422 e. The van der Waals surface area contributed by atoms with E-state index in [0.29, 0.717) is 11.3 Å². The maximum absolute atomic E-state index is 12.6. The lowest BCUT2D eigenvalue weighted by Crippen LogP contribution is -2.12. The van der Waals surface area contributed by atoms with Crippen LogP contribution in [-0.4, -0.2) is 5.97 Å². The smallest absolute Gasteiger partial charge is 0.343 e. The van der Waals surface area contributed by atoms with Gasteiger partial charge in [0, 0.05) is 0 Å². The lowest BCUT2D eigenvalue weighted by molar-refractivity contribution is 0.0732. The molecule has 0 aromatic heterocycles. The molecular formula is C22H19BrO2. The number of hydrogen-bond acceptors (Lipinski definition) is 2. The van der Waals surface area contributed by atoms with Crippen LogP contribution in [0.4, 0.5) is 0 Å². The van der Waals surface area contributed by atoms with E-state index in [1.54, 1.807) is 0 Å². The molecule has 0 bridgehead atoms. The van der Waals surface area contributed by atoms with Crippen LogP contribution in [0.3, 0.4) is 0 Å². The Hall–Kier alpha value is -2.39. The van der Waals surface area contributed by atoms with Crippen LogP contribution in [-0.2, 0) is 12.8 Å². The normalized spacial score (nSPS) is 10.5. The van der Waals surface area contributed by atoms with Gasteiger partial charge in [-0.2, -0.15) is 0 Å². The van der Waals surface area contributed by atoms with Crippen LogP contribution in [0.15, 0.2) is 77.3 Å². The molecule has 0 aliphatic carbocycles. The Kier molecular flexibility index (Phi) is 5.67. The van der Waals surface area contributed by atoms with E-state index in [9.17, 15) is 4.79 Å². The van der Waals surface area contributed by atoms with Crippen LogP contribution in [0.1, 0.15) is 27.0 Å². The van der Waals surface area contributed by atoms with Gasteiger partial charge in [-0.1, -0.05) is 54.6 Å². The van der Waals surface area contributed by atoms with Crippen molar-refractivity contribution >= 4 is 21.9 Å². The van der Waals surface area contributed by atoms with Crippen LogP contribution >= 0.6 is 15.9 Å². The van der Waals surface area contributed by atoms with Crippen molar-refractivity contribution < 1.29 is 9.53 Å². The third kappa shape index (κ3) is 4.58. The van der Waals surface area contributed by atoms with Gasteiger partial charge < -0.3 is 4.74 Å². The molecule has 0 heterocycles. The second kappa shape index (κ2) is 8.13. The van der Waals surface area contributed by atoms with Gasteiger partial charge in [0.05, 0.1) is 10.0 Å². The van der Waals surface area contributed by atoms with Crippen LogP contribution in [0, 0.1) is 6.92 Å². The summed E-state index contributed by atoms with van der Waals surface area (Å²) >= 11 is 3.45. The first-order valence-electron chi connectivity index (χ1n) is 8.23. The number of benzene rings is 3. The zero-order chi connectivity index (χ0) is 17.6. The molecule has 0 unspecified atom stereocenters. The van der Waals surface area contributed by atoms with Gasteiger partial charge in [-0.3, -0.25) is 0 Å². The summed E-state index contributed by atoms with van der Waals surface area (Å²) in [6, 6.07) is 23.6. The van der Waals surface area contributed by atoms with Crippen LogP contribution in [0.2, 0.25) is 0 Å². The molecule has 0 radical (unpaired) electrons. The van der Waals surface area contributed by atoms with Crippen molar-refractivity contribution in [2.75, 3.05) is 0 Å². The third-order valence-corrected chi connectivity index (χ3v) is 4.67. The molecule has 3 rings (SSSR count). The number of aryl methyl sites for hydroxylation is 3. The number of carbonyl (C=O) groups excluding carboxylic acids is 1. The zero-order valence-electron chi connectivity index (χ0n) is 14.0. The average Bonchev–Trinajstić information content (AvgIpc) is 2.63. The Morgan fingerprint density at radius 1 is 0.920 bits per heavy atom. The highest BCUT2D eigenvalue weighted by Crippen LogP contribution is 2.27. The molecule has 25 heavy (non-hydrogen) atoms. The summed E-state index contributed by atoms with van der Waals surface area (Å²) in [5.74, 6) is 0.210. The Bertz CT molecular complexity index is 872. The van der Waals surface area contributed by atoms with E-state index in [2.05, 4.69) is 28.1 Å². The van der Waals surface area contributed by atoms with Gasteiger partial charge in [-0.05, 0) is 70.6 Å². The summed E-state index contributed by atoms with van der Waals surface area (Å²) in [5.41, 5.74) is 3.98. The van der Waals surface area contributed by atoms with Gasteiger partial charge in [0.1, 0.15) is 5.75 Å². The van der Waals surface area contributed by atoms with Gasteiger partial charge in [-0.25, -0.2) is 4.79 Å². The topological polar surface area (TPSA) is 26.3 Å². The van der Waals surface area contributed by atoms with Crippen LogP contribution in [0.25, 0.3) is 0 Å². The maximum atomic E-state index is 12.6. The predicted octanol–water partition coefficient (Wildman–Crippen LogP) is 5.76. The van der Waals surface area contributed by atoms with Gasteiger partial charge in [0.2, 0.25) is 0 Å². The lowest BCUT2D eigenvalue weighted by Gasteiger charge is -2.11. The average molecular weight is 395 g/mol. The van der Waals surface area contributed by atoms with Crippen molar-refractivity contribution in [2.45, 2.75) is 19.8 Å². The van der Waals surface area contributed by atoms with Gasteiger partial charge in [0.15, 0.2) is 0 Å². The fraction of sp³-hybridized carbons (Fsp3) is 0.136. The minimum absolute atomic E-state index is 0.326. The number of hydrogen-bond donors (Lipinski definition) is 0. The van der Waals surface area contributed by atoms with E-state index >= 15 is 0 Å². The summed E-state index contributed by atoms with van der Waals surface area (Å²) in [6.45, 7) is 2.00. The van der Waals surface area contributed by atoms with Crippen molar-refractivity contribution in [1.29, 1.82) is 0 Å². The first-order valence-corrected chi connectivity index (χ1v) is 9.03. The van der Waals surface area contributed by atoms with E-state index in [4.69, 9.17) is 4.74 Å². The highest BCUT2D eigenvalue weighted by Gasteiger charge is 2.14. The standard InChI is InChI=1S/C22H19BrO2/c1-16-11-14-21(20(23)15-16)25-22(24)19-10-6-5-9-18(19)13-12-17-7-3-2-4-8-17/h2-11,14-15H,12-13H2,1H3. The summed E-state index contributed by atoms with van der Waals surface area (Å²) in [7, 11) is 0. The molecule has 0 aliphatic heterocycles. The van der Waals surface area contributed by atoms with Gasteiger partial charge in [-0.15, -0.1) is 0 Å². The molecule has 0 atom stereocenters. The fourth-order valence-electron chi connectivity index (χ4n) is 2.70. The minimum Gasteiger partial charge on any atom is -0.422 e. The van der Waals surface area contributed by atoms with Crippen molar-refractivity contribution in [1.82, 2.24) is 0 Å². The molecule has 0 amide bonds. The minimum atomic E-state index is -0.326. The van der Waals surface area contributed by atoms with E-state index in [1.165, 1.54) is 5.56 Å². The molecule has 0 spiro atoms. The van der Waals surface area contributed by atoms with E-state index < -0.39 is 0 Å². The molecule has 0 N–H and O–H groups in total. The number of carbonyl (C=O) groups is 1. The number of esters is 1. The summed E-state index contributed by atoms with van der Waals surface area (Å²) in [5, 5.41) is 0. The molecule has 0 fully saturated rings. The maximum Gasteiger partial charge on any atom is 0.343 e. The molecule has 0 saturated carbocycles. The SMILES string of the molecule is Cc1ccc(OC(=O)c2ccccc2CCc2ccccc2)c(Br)c1. The van der Waals surface area contributed by atoms with Crippen molar-refractivity contribution in [3.8, 4) is 5.75 Å². The van der Waals surface area contributed by atoms with E-state index in [1.807, 2.05) is 67.6 Å². The highest BCUT2D eigenvalue weighted by molar-refractivity contribution is 9.10. The molecule has 0 aliphatic rings. The van der Waals surface area contributed by atoms with Gasteiger partial charge >= 0.3 is 5.97 Å². The molecular weight excluding hydrogens is 376 g/mol. The quantitative estimate of drug-likeness (QED) is 0.406. The third-order valence-electron chi connectivity index (χ3n) is 4.05. The first kappa shape index (κ1) is 17.4. The summed E-state index contributed by atoms with van der Waals surface area (Å²) in [6.07, 6.45) is 1.68. The Morgan fingerprint density at radius 3 is 2.40 bits per heavy atom. The van der Waals surface area contributed by atoms with E-state index in [0.717, 1.165) is 28.4 Å². The van der Waals surface area contributed by atoms with Crippen LogP contribution < -0.4 is 4.74 Å².